The maximum Gasteiger partial charge on any atom is 0.241 e. The van der Waals surface area contributed by atoms with E-state index in [-0.39, 0.29) is 10.9 Å². The fourth-order valence-electron chi connectivity index (χ4n) is 2.62. The molecule has 0 saturated heterocycles. The Bertz CT molecular complexity index is 882. The third kappa shape index (κ3) is 5.55. The molecule has 27 heavy (non-hydrogen) atoms. The van der Waals surface area contributed by atoms with Crippen molar-refractivity contribution in [2.75, 3.05) is 6.61 Å². The number of nitrogens with one attached hydrogen (secondary N) is 2. The lowest BCUT2D eigenvalue weighted by molar-refractivity contribution is -0.123. The minimum atomic E-state index is -3.83. The van der Waals surface area contributed by atoms with Gasteiger partial charge in [-0.3, -0.25) is 4.79 Å². The number of rotatable bonds is 8. The van der Waals surface area contributed by atoms with Crippen molar-refractivity contribution in [3.05, 3.63) is 59.7 Å². The molecule has 0 fully saturated rings. The molecule has 146 valence electrons. The summed E-state index contributed by atoms with van der Waals surface area (Å²) < 4.78 is 33.0. The van der Waals surface area contributed by atoms with Gasteiger partial charge in [-0.15, -0.1) is 0 Å². The van der Waals surface area contributed by atoms with Crippen LogP contribution in [-0.2, 0) is 14.8 Å². The van der Waals surface area contributed by atoms with Crippen LogP contribution >= 0.6 is 0 Å². The molecule has 2 N–H and O–H groups in total. The van der Waals surface area contributed by atoms with Gasteiger partial charge in [0.2, 0.25) is 15.9 Å². The van der Waals surface area contributed by atoms with Crippen molar-refractivity contribution in [2.45, 2.75) is 44.7 Å². The molecule has 6 nitrogen and oxygen atoms in total. The van der Waals surface area contributed by atoms with Gasteiger partial charge in [0.25, 0.3) is 0 Å². The molecule has 0 bridgehead atoms. The number of aryl methyl sites for hydroxylation is 1. The molecule has 2 aromatic carbocycles. The highest BCUT2D eigenvalue weighted by molar-refractivity contribution is 7.89. The van der Waals surface area contributed by atoms with E-state index in [0.29, 0.717) is 12.4 Å². The zero-order chi connectivity index (χ0) is 20.0. The summed E-state index contributed by atoms with van der Waals surface area (Å²) in [5.41, 5.74) is 1.66. The summed E-state index contributed by atoms with van der Waals surface area (Å²) in [6.07, 6.45) is 0. The molecule has 0 saturated carbocycles. The Kier molecular flexibility index (Phi) is 6.98. The molecule has 2 aromatic rings. The van der Waals surface area contributed by atoms with Gasteiger partial charge in [-0.05, 0) is 57.0 Å². The molecular weight excluding hydrogens is 364 g/mol. The van der Waals surface area contributed by atoms with Gasteiger partial charge in [0.05, 0.1) is 23.6 Å². The fourth-order valence-corrected chi connectivity index (χ4v) is 3.91. The highest BCUT2D eigenvalue weighted by Crippen LogP contribution is 2.22. The molecule has 2 rings (SSSR count). The summed E-state index contributed by atoms with van der Waals surface area (Å²) in [4.78, 5) is 12.5. The van der Waals surface area contributed by atoms with Crippen LogP contribution in [0.3, 0.4) is 0 Å². The van der Waals surface area contributed by atoms with E-state index in [9.17, 15) is 13.2 Å². The fraction of sp³-hybridized carbons (Fsp3) is 0.350. The van der Waals surface area contributed by atoms with Crippen LogP contribution in [0.2, 0.25) is 0 Å². The van der Waals surface area contributed by atoms with Crippen molar-refractivity contribution >= 4 is 15.9 Å². The number of benzene rings is 2. The topological polar surface area (TPSA) is 84.5 Å². The van der Waals surface area contributed by atoms with Crippen LogP contribution in [0.5, 0.6) is 5.75 Å². The second kappa shape index (κ2) is 9.01. The van der Waals surface area contributed by atoms with Gasteiger partial charge in [-0.2, -0.15) is 4.72 Å². The maximum absolute atomic E-state index is 12.6. The van der Waals surface area contributed by atoms with Gasteiger partial charge >= 0.3 is 0 Å². The molecule has 2 atom stereocenters. The lowest BCUT2D eigenvalue weighted by atomic mass is 10.1. The van der Waals surface area contributed by atoms with E-state index in [1.165, 1.54) is 19.1 Å². The van der Waals surface area contributed by atoms with E-state index in [0.717, 1.165) is 11.1 Å². The molecule has 0 heterocycles. The molecule has 0 unspecified atom stereocenters. The molecule has 1 amide bonds. The summed E-state index contributed by atoms with van der Waals surface area (Å²) >= 11 is 0. The van der Waals surface area contributed by atoms with Gasteiger partial charge in [0, 0.05) is 0 Å². The third-order valence-electron chi connectivity index (χ3n) is 4.14. The SMILES string of the molecule is CCOc1ccc(S(=O)(=O)N[C@@H](C)C(=O)N[C@H](C)c2ccccc2)cc1C. The second-order valence-corrected chi connectivity index (χ2v) is 8.06. The number of amides is 1. The minimum absolute atomic E-state index is 0.0965. The summed E-state index contributed by atoms with van der Waals surface area (Å²) in [6, 6.07) is 13.0. The van der Waals surface area contributed by atoms with Crippen LogP contribution in [-0.4, -0.2) is 27.0 Å². The van der Waals surface area contributed by atoms with Crippen molar-refractivity contribution in [3.63, 3.8) is 0 Å². The van der Waals surface area contributed by atoms with Crippen LogP contribution in [0.4, 0.5) is 0 Å². The molecular formula is C20H26N2O4S. The first-order valence-corrected chi connectivity index (χ1v) is 10.3. The van der Waals surface area contributed by atoms with Gasteiger partial charge in [-0.1, -0.05) is 30.3 Å². The lowest BCUT2D eigenvalue weighted by Gasteiger charge is -2.19. The Morgan fingerprint density at radius 1 is 1.11 bits per heavy atom. The molecule has 0 aliphatic rings. The van der Waals surface area contributed by atoms with Crippen LogP contribution in [0, 0.1) is 6.92 Å². The number of hydrogen-bond donors (Lipinski definition) is 2. The van der Waals surface area contributed by atoms with Crippen LogP contribution < -0.4 is 14.8 Å². The number of ether oxygens (including phenoxy) is 1. The molecule has 0 aliphatic carbocycles. The number of sulfonamides is 1. The molecule has 0 aromatic heterocycles. The van der Waals surface area contributed by atoms with E-state index in [2.05, 4.69) is 10.0 Å². The quantitative estimate of drug-likeness (QED) is 0.726. The number of hydrogen-bond acceptors (Lipinski definition) is 4. The average Bonchev–Trinajstić information content (AvgIpc) is 2.63. The molecule has 7 heteroatoms. The predicted octanol–water partition coefficient (Wildman–Crippen LogP) is 2.94. The van der Waals surface area contributed by atoms with Crippen molar-refractivity contribution in [1.29, 1.82) is 0 Å². The van der Waals surface area contributed by atoms with Crippen molar-refractivity contribution < 1.29 is 17.9 Å². The normalized spacial score (nSPS) is 13.6. The van der Waals surface area contributed by atoms with E-state index >= 15 is 0 Å². The van der Waals surface area contributed by atoms with Crippen molar-refractivity contribution in [2.24, 2.45) is 0 Å². The van der Waals surface area contributed by atoms with Crippen LogP contribution in [0.25, 0.3) is 0 Å². The smallest absolute Gasteiger partial charge is 0.241 e. The second-order valence-electron chi connectivity index (χ2n) is 6.34. The molecule has 0 aliphatic heterocycles. The highest BCUT2D eigenvalue weighted by Gasteiger charge is 2.23. The van der Waals surface area contributed by atoms with Crippen LogP contribution in [0.1, 0.15) is 37.9 Å². The Morgan fingerprint density at radius 3 is 2.37 bits per heavy atom. The number of carbonyl (C=O) groups excluding carboxylic acids is 1. The summed E-state index contributed by atoms with van der Waals surface area (Å²) in [6.45, 7) is 7.52. The van der Waals surface area contributed by atoms with Gasteiger partial charge in [-0.25, -0.2) is 8.42 Å². The first-order valence-electron chi connectivity index (χ1n) is 8.85. The zero-order valence-electron chi connectivity index (χ0n) is 16.0. The van der Waals surface area contributed by atoms with Crippen LogP contribution in [0.15, 0.2) is 53.4 Å². The van der Waals surface area contributed by atoms with E-state index in [1.54, 1.807) is 13.0 Å². The summed E-state index contributed by atoms with van der Waals surface area (Å²) in [5.74, 6) is 0.247. The average molecular weight is 391 g/mol. The van der Waals surface area contributed by atoms with Crippen molar-refractivity contribution in [3.8, 4) is 5.75 Å². The van der Waals surface area contributed by atoms with E-state index < -0.39 is 22.0 Å². The highest BCUT2D eigenvalue weighted by atomic mass is 32.2. The van der Waals surface area contributed by atoms with Crippen molar-refractivity contribution in [1.82, 2.24) is 10.0 Å². The lowest BCUT2D eigenvalue weighted by Crippen LogP contribution is -2.45. The standard InChI is InChI=1S/C20H26N2O4S/c1-5-26-19-12-11-18(13-14(19)2)27(24,25)22-16(4)20(23)21-15(3)17-9-7-6-8-10-17/h6-13,15-16,22H,5H2,1-4H3,(H,21,23)/t15-,16+/m1/s1. The maximum atomic E-state index is 12.6. The van der Waals surface area contributed by atoms with Gasteiger partial charge in [0.1, 0.15) is 5.75 Å². The molecule has 0 radical (unpaired) electrons. The van der Waals surface area contributed by atoms with Gasteiger partial charge < -0.3 is 10.1 Å². The first kappa shape index (κ1) is 20.9. The first-order chi connectivity index (χ1) is 12.7. The Morgan fingerprint density at radius 2 is 1.78 bits per heavy atom. The Labute approximate surface area is 161 Å². The van der Waals surface area contributed by atoms with E-state index in [1.807, 2.05) is 44.2 Å². The minimum Gasteiger partial charge on any atom is -0.494 e. The van der Waals surface area contributed by atoms with E-state index in [4.69, 9.17) is 4.74 Å². The monoisotopic (exact) mass is 390 g/mol. The Balaban J connectivity index is 2.05. The molecule has 0 spiro atoms. The summed E-state index contributed by atoms with van der Waals surface area (Å²) in [7, 11) is -3.83. The van der Waals surface area contributed by atoms with Gasteiger partial charge in [0.15, 0.2) is 0 Å². The predicted molar refractivity (Wildman–Crippen MR) is 105 cm³/mol. The third-order valence-corrected chi connectivity index (χ3v) is 5.68. The number of carbonyl (C=O) groups is 1. The Hall–Kier alpha value is -2.38. The zero-order valence-corrected chi connectivity index (χ0v) is 16.8. The summed E-state index contributed by atoms with van der Waals surface area (Å²) in [5, 5.41) is 2.82. The largest absolute Gasteiger partial charge is 0.494 e.